The average molecular weight is 300 g/mol. The highest BCUT2D eigenvalue weighted by atomic mass is 79.9. The number of nitrogens with one attached hydrogen (secondary N) is 1. The Kier molecular flexibility index (Phi) is 3.96. The van der Waals surface area contributed by atoms with Gasteiger partial charge in [-0.25, -0.2) is 4.98 Å². The molecule has 5 nitrogen and oxygen atoms in total. The molecule has 1 unspecified atom stereocenters. The van der Waals surface area contributed by atoms with Crippen molar-refractivity contribution >= 4 is 33.3 Å². The van der Waals surface area contributed by atoms with E-state index in [1.165, 1.54) is 6.20 Å². The summed E-state index contributed by atoms with van der Waals surface area (Å²) in [6.45, 7) is 0.752. The lowest BCUT2D eigenvalue weighted by Crippen LogP contribution is -2.20. The molecular formula is C11H14BrN3O2. The summed E-state index contributed by atoms with van der Waals surface area (Å²) < 4.78 is 6.08. The number of nitrogens with two attached hydrogens (primary N) is 1. The van der Waals surface area contributed by atoms with E-state index in [0.29, 0.717) is 22.4 Å². The van der Waals surface area contributed by atoms with Crippen LogP contribution in [0.3, 0.4) is 0 Å². The van der Waals surface area contributed by atoms with E-state index in [4.69, 9.17) is 10.5 Å². The number of carbonyl (C=O) groups excluding carboxylic acids is 1. The number of halogens is 1. The molecule has 0 saturated carbocycles. The second kappa shape index (κ2) is 5.46. The van der Waals surface area contributed by atoms with Crippen LogP contribution < -0.4 is 11.1 Å². The van der Waals surface area contributed by atoms with Crippen LogP contribution in [-0.2, 0) is 9.53 Å². The van der Waals surface area contributed by atoms with Gasteiger partial charge in [0.25, 0.3) is 0 Å². The quantitative estimate of drug-likeness (QED) is 0.894. The third-order valence-electron chi connectivity index (χ3n) is 2.56. The van der Waals surface area contributed by atoms with Crippen LogP contribution in [0.15, 0.2) is 16.7 Å². The minimum Gasteiger partial charge on any atom is -0.397 e. The molecule has 0 radical (unpaired) electrons. The topological polar surface area (TPSA) is 77.2 Å². The van der Waals surface area contributed by atoms with Gasteiger partial charge in [0.15, 0.2) is 0 Å². The number of hydrogen-bond donors (Lipinski definition) is 2. The average Bonchev–Trinajstić information content (AvgIpc) is 2.75. The maximum absolute atomic E-state index is 11.7. The SMILES string of the molecule is Nc1cnc(NC(=O)CC2CCCO2)c(Br)c1. The van der Waals surface area contributed by atoms with E-state index >= 15 is 0 Å². The zero-order valence-electron chi connectivity index (χ0n) is 9.28. The molecule has 1 aromatic rings. The Morgan fingerprint density at radius 3 is 3.18 bits per heavy atom. The van der Waals surface area contributed by atoms with Crippen molar-refractivity contribution in [1.82, 2.24) is 4.98 Å². The first-order valence-corrected chi connectivity index (χ1v) is 6.27. The van der Waals surface area contributed by atoms with Crippen LogP contribution >= 0.6 is 15.9 Å². The summed E-state index contributed by atoms with van der Waals surface area (Å²) in [6, 6.07) is 1.70. The molecule has 1 atom stereocenters. The summed E-state index contributed by atoms with van der Waals surface area (Å²) in [4.78, 5) is 15.8. The molecular weight excluding hydrogens is 286 g/mol. The number of ether oxygens (including phenoxy) is 1. The van der Waals surface area contributed by atoms with Gasteiger partial charge in [-0.2, -0.15) is 0 Å². The monoisotopic (exact) mass is 299 g/mol. The van der Waals surface area contributed by atoms with Crippen molar-refractivity contribution in [2.75, 3.05) is 17.7 Å². The fraction of sp³-hybridized carbons (Fsp3) is 0.455. The van der Waals surface area contributed by atoms with E-state index in [0.717, 1.165) is 19.4 Å². The van der Waals surface area contributed by atoms with Gasteiger partial charge in [-0.1, -0.05) is 0 Å². The number of anilines is 2. The molecule has 2 rings (SSSR count). The molecule has 1 aromatic heterocycles. The van der Waals surface area contributed by atoms with Crippen LogP contribution in [0.5, 0.6) is 0 Å². The van der Waals surface area contributed by atoms with E-state index in [1.54, 1.807) is 6.07 Å². The lowest BCUT2D eigenvalue weighted by Gasteiger charge is -2.10. The van der Waals surface area contributed by atoms with Gasteiger partial charge in [-0.3, -0.25) is 4.79 Å². The summed E-state index contributed by atoms with van der Waals surface area (Å²) in [5.41, 5.74) is 6.12. The minimum atomic E-state index is -0.0881. The molecule has 1 fully saturated rings. The van der Waals surface area contributed by atoms with E-state index in [-0.39, 0.29) is 12.0 Å². The summed E-state index contributed by atoms with van der Waals surface area (Å²) in [7, 11) is 0. The van der Waals surface area contributed by atoms with Crippen LogP contribution in [0.1, 0.15) is 19.3 Å². The fourth-order valence-corrected chi connectivity index (χ4v) is 2.21. The normalized spacial score (nSPS) is 19.2. The molecule has 3 N–H and O–H groups in total. The zero-order valence-corrected chi connectivity index (χ0v) is 10.9. The Hall–Kier alpha value is -1.14. The van der Waals surface area contributed by atoms with Crippen molar-refractivity contribution in [3.8, 4) is 0 Å². The van der Waals surface area contributed by atoms with Gasteiger partial charge in [-0.05, 0) is 34.8 Å². The molecule has 0 bridgehead atoms. The van der Waals surface area contributed by atoms with E-state index in [2.05, 4.69) is 26.2 Å². The Morgan fingerprint density at radius 2 is 2.53 bits per heavy atom. The first-order chi connectivity index (χ1) is 8.15. The summed E-state index contributed by atoms with van der Waals surface area (Å²) in [6.07, 6.45) is 3.90. The second-order valence-corrected chi connectivity index (χ2v) is 4.84. The zero-order chi connectivity index (χ0) is 12.3. The molecule has 92 valence electrons. The van der Waals surface area contributed by atoms with Gasteiger partial charge in [0, 0.05) is 6.61 Å². The van der Waals surface area contributed by atoms with Gasteiger partial charge in [-0.15, -0.1) is 0 Å². The van der Waals surface area contributed by atoms with Crippen molar-refractivity contribution in [1.29, 1.82) is 0 Å². The molecule has 0 aromatic carbocycles. The Labute approximate surface area is 108 Å². The Morgan fingerprint density at radius 1 is 1.71 bits per heavy atom. The van der Waals surface area contributed by atoms with Gasteiger partial charge in [0.2, 0.25) is 5.91 Å². The predicted octanol–water partition coefficient (Wildman–Crippen LogP) is 1.93. The Bertz CT molecular complexity index is 419. The molecule has 0 aliphatic carbocycles. The first-order valence-electron chi connectivity index (χ1n) is 5.47. The predicted molar refractivity (Wildman–Crippen MR) is 68.6 cm³/mol. The van der Waals surface area contributed by atoms with Crippen LogP contribution in [0, 0.1) is 0 Å². The maximum atomic E-state index is 11.7. The summed E-state index contributed by atoms with van der Waals surface area (Å²) >= 11 is 3.30. The molecule has 1 saturated heterocycles. The lowest BCUT2D eigenvalue weighted by atomic mass is 10.2. The third-order valence-corrected chi connectivity index (χ3v) is 3.16. The number of pyridine rings is 1. The van der Waals surface area contributed by atoms with Gasteiger partial charge in [0.05, 0.1) is 28.9 Å². The van der Waals surface area contributed by atoms with Gasteiger partial charge >= 0.3 is 0 Å². The largest absolute Gasteiger partial charge is 0.397 e. The van der Waals surface area contributed by atoms with Crippen LogP contribution in [0.2, 0.25) is 0 Å². The second-order valence-electron chi connectivity index (χ2n) is 3.99. The number of nitrogen functional groups attached to an aromatic ring is 1. The lowest BCUT2D eigenvalue weighted by molar-refractivity contribution is -0.118. The summed E-state index contributed by atoms with van der Waals surface area (Å²) in [5.74, 6) is 0.400. The highest BCUT2D eigenvalue weighted by Gasteiger charge is 2.19. The molecule has 1 aliphatic rings. The van der Waals surface area contributed by atoms with Gasteiger partial charge in [0.1, 0.15) is 5.82 Å². The van der Waals surface area contributed by atoms with Crippen molar-refractivity contribution in [3.63, 3.8) is 0 Å². The third kappa shape index (κ3) is 3.41. The first kappa shape index (κ1) is 12.3. The molecule has 17 heavy (non-hydrogen) atoms. The van der Waals surface area contributed by atoms with E-state index < -0.39 is 0 Å². The van der Waals surface area contributed by atoms with Crippen molar-refractivity contribution in [2.24, 2.45) is 0 Å². The molecule has 6 heteroatoms. The van der Waals surface area contributed by atoms with Crippen molar-refractivity contribution < 1.29 is 9.53 Å². The molecule has 0 spiro atoms. The van der Waals surface area contributed by atoms with Crippen LogP contribution in [0.25, 0.3) is 0 Å². The molecule has 1 aliphatic heterocycles. The van der Waals surface area contributed by atoms with Crippen LogP contribution in [-0.4, -0.2) is 23.6 Å². The highest BCUT2D eigenvalue weighted by Crippen LogP contribution is 2.22. The van der Waals surface area contributed by atoms with Crippen LogP contribution in [0.4, 0.5) is 11.5 Å². The Balaban J connectivity index is 1.93. The highest BCUT2D eigenvalue weighted by molar-refractivity contribution is 9.10. The summed E-state index contributed by atoms with van der Waals surface area (Å²) in [5, 5.41) is 2.73. The van der Waals surface area contributed by atoms with Gasteiger partial charge < -0.3 is 15.8 Å². The number of carbonyl (C=O) groups is 1. The minimum absolute atomic E-state index is 0.0440. The van der Waals surface area contributed by atoms with Crippen molar-refractivity contribution in [3.05, 3.63) is 16.7 Å². The maximum Gasteiger partial charge on any atom is 0.228 e. The molecule has 1 amide bonds. The standard InChI is InChI=1S/C11H14BrN3O2/c12-9-4-7(13)6-14-11(9)15-10(16)5-8-2-1-3-17-8/h4,6,8H,1-3,5,13H2,(H,14,15,16). The fourth-order valence-electron chi connectivity index (χ4n) is 1.74. The molecule has 2 heterocycles. The number of amides is 1. The number of hydrogen-bond acceptors (Lipinski definition) is 4. The number of aromatic nitrogens is 1. The smallest absolute Gasteiger partial charge is 0.228 e. The van der Waals surface area contributed by atoms with Crippen molar-refractivity contribution in [2.45, 2.75) is 25.4 Å². The number of rotatable bonds is 3. The van der Waals surface area contributed by atoms with E-state index in [1.807, 2.05) is 0 Å². The number of nitrogens with zero attached hydrogens (tertiary/aromatic N) is 1. The van der Waals surface area contributed by atoms with E-state index in [9.17, 15) is 4.79 Å².